The van der Waals surface area contributed by atoms with Crippen LogP contribution in [0.4, 0.5) is 14.9 Å². The summed E-state index contributed by atoms with van der Waals surface area (Å²) in [6.45, 7) is -0.312. The van der Waals surface area contributed by atoms with Crippen LogP contribution in [0.15, 0.2) is 52.3 Å². The Morgan fingerprint density at radius 1 is 1.00 bits per heavy atom. The maximum atomic E-state index is 13.6. The number of hydrogen-bond acceptors (Lipinski definition) is 6. The number of alkyl halides is 2. The van der Waals surface area contributed by atoms with Gasteiger partial charge in [-0.3, -0.25) is 4.90 Å². The number of sulfonamides is 1. The van der Waals surface area contributed by atoms with Gasteiger partial charge < -0.3 is 4.74 Å². The zero-order valence-corrected chi connectivity index (χ0v) is 21.3. The number of carbonyl (C=O) groups is 1. The highest BCUT2D eigenvalue weighted by Gasteiger charge is 2.38. The lowest BCUT2D eigenvalue weighted by molar-refractivity contribution is 0.135. The first-order chi connectivity index (χ1) is 15.7. The molecule has 33 heavy (non-hydrogen) atoms. The van der Waals surface area contributed by atoms with E-state index < -0.39 is 32.6 Å². The second-order valence-corrected chi connectivity index (χ2v) is 13.5. The highest BCUT2D eigenvalue weighted by Crippen LogP contribution is 2.36. The molecule has 0 spiro atoms. The van der Waals surface area contributed by atoms with E-state index in [1.807, 2.05) is 0 Å². The molecule has 0 aromatic heterocycles. The molecular formula is C21H22FIN2O6S2. The van der Waals surface area contributed by atoms with Crippen molar-refractivity contribution in [3.63, 3.8) is 0 Å². The summed E-state index contributed by atoms with van der Waals surface area (Å²) in [5.74, 6) is 0. The zero-order chi connectivity index (χ0) is 23.8. The second-order valence-electron chi connectivity index (χ2n) is 7.81. The lowest BCUT2D eigenvalue weighted by Gasteiger charge is -2.40. The van der Waals surface area contributed by atoms with Gasteiger partial charge in [0.25, 0.3) is 0 Å². The Morgan fingerprint density at radius 3 is 2.24 bits per heavy atom. The fraction of sp³-hybridized carbons (Fsp3) is 0.381. The Labute approximate surface area is 205 Å². The van der Waals surface area contributed by atoms with Gasteiger partial charge in [-0.15, -0.1) is 0 Å². The summed E-state index contributed by atoms with van der Waals surface area (Å²) in [5, 5.41) is 0. The number of rotatable bonds is 6. The van der Waals surface area contributed by atoms with Crippen LogP contribution in [0.2, 0.25) is 0 Å². The minimum absolute atomic E-state index is 0.0100. The molecule has 2 aliphatic heterocycles. The van der Waals surface area contributed by atoms with Gasteiger partial charge in [-0.25, -0.2) is 26.0 Å². The van der Waals surface area contributed by atoms with E-state index >= 15 is 0 Å². The van der Waals surface area contributed by atoms with Crippen LogP contribution >= 0.6 is 22.6 Å². The largest absolute Gasteiger partial charge is 0.444 e. The number of ether oxygens (including phenoxy) is 1. The number of fused-ring (bicyclic) bond motifs is 1. The summed E-state index contributed by atoms with van der Waals surface area (Å²) in [6, 6.07) is 10.0. The molecular weight excluding hydrogens is 586 g/mol. The Morgan fingerprint density at radius 2 is 1.64 bits per heavy atom. The number of sulfone groups is 1. The average Bonchev–Trinajstić information content (AvgIpc) is 2.83. The van der Waals surface area contributed by atoms with E-state index in [9.17, 15) is 26.0 Å². The lowest BCUT2D eigenvalue weighted by atomic mass is 9.99. The predicted octanol–water partition coefficient (Wildman–Crippen LogP) is 3.63. The van der Waals surface area contributed by atoms with E-state index in [-0.39, 0.29) is 39.3 Å². The van der Waals surface area contributed by atoms with Crippen molar-refractivity contribution in [2.24, 2.45) is 0 Å². The number of nitrogens with zero attached hydrogens (tertiary/aromatic N) is 2. The van der Waals surface area contributed by atoms with Gasteiger partial charge in [0.2, 0.25) is 10.0 Å². The number of para-hydroxylation sites is 1. The molecule has 1 saturated heterocycles. The van der Waals surface area contributed by atoms with E-state index in [0.717, 1.165) is 5.56 Å². The molecule has 0 atom stereocenters. The molecule has 0 saturated carbocycles. The Balaban J connectivity index is 1.52. The van der Waals surface area contributed by atoms with Crippen LogP contribution in [-0.4, -0.2) is 50.1 Å². The quantitative estimate of drug-likeness (QED) is 0.367. The summed E-state index contributed by atoms with van der Waals surface area (Å²) < 4.78 is 70.2. The molecule has 0 radical (unpaired) electrons. The van der Waals surface area contributed by atoms with E-state index in [1.165, 1.54) is 33.5 Å². The second kappa shape index (κ2) is 9.47. The van der Waals surface area contributed by atoms with Crippen molar-refractivity contribution in [2.75, 3.05) is 21.7 Å². The normalized spacial score (nSPS) is 18.1. The zero-order valence-electron chi connectivity index (χ0n) is 17.5. The van der Waals surface area contributed by atoms with Crippen LogP contribution in [0, 0.1) is 0 Å². The smallest absolute Gasteiger partial charge is 0.414 e. The third kappa shape index (κ3) is 4.62. The van der Waals surface area contributed by atoms with Gasteiger partial charge in [0.05, 0.1) is 15.5 Å². The van der Waals surface area contributed by atoms with Crippen molar-refractivity contribution >= 4 is 54.2 Å². The number of piperidine rings is 1. The van der Waals surface area contributed by atoms with Crippen molar-refractivity contribution < 1.29 is 30.8 Å². The molecule has 2 aromatic carbocycles. The van der Waals surface area contributed by atoms with Gasteiger partial charge in [-0.2, -0.15) is 4.31 Å². The molecule has 4 rings (SSSR count). The van der Waals surface area contributed by atoms with Crippen molar-refractivity contribution in [1.82, 2.24) is 4.31 Å². The SMILES string of the molecule is O=C1OCc2cccc(CF)c2N1C1CCN(S(=O)(=O)c2ccc(S(=O)(=O)CI)cc2)CC1. The Bertz CT molecular complexity index is 1250. The summed E-state index contributed by atoms with van der Waals surface area (Å²) >= 11 is 1.75. The van der Waals surface area contributed by atoms with Gasteiger partial charge in [-0.05, 0) is 37.1 Å². The topological polar surface area (TPSA) is 101 Å². The molecule has 12 heteroatoms. The molecule has 2 aliphatic rings. The van der Waals surface area contributed by atoms with E-state index in [4.69, 9.17) is 4.74 Å². The van der Waals surface area contributed by atoms with Crippen molar-refractivity contribution in [3.05, 3.63) is 53.6 Å². The summed E-state index contributed by atoms with van der Waals surface area (Å²) in [4.78, 5) is 14.1. The minimum Gasteiger partial charge on any atom is -0.444 e. The number of anilines is 1. The van der Waals surface area contributed by atoms with Gasteiger partial charge >= 0.3 is 6.09 Å². The molecule has 1 fully saturated rings. The number of hydrogen-bond donors (Lipinski definition) is 0. The number of carbonyl (C=O) groups excluding carboxylic acids is 1. The first-order valence-corrected chi connectivity index (χ1v) is 14.8. The van der Waals surface area contributed by atoms with Gasteiger partial charge in [0.1, 0.15) is 17.0 Å². The fourth-order valence-electron chi connectivity index (χ4n) is 4.18. The summed E-state index contributed by atoms with van der Waals surface area (Å²) in [6.07, 6.45) is 0.155. The molecule has 2 aromatic rings. The molecule has 0 aliphatic carbocycles. The molecule has 1 amide bonds. The summed E-state index contributed by atoms with van der Waals surface area (Å²) in [5.41, 5.74) is 1.65. The van der Waals surface area contributed by atoms with E-state index in [1.54, 1.807) is 40.8 Å². The van der Waals surface area contributed by atoms with Crippen molar-refractivity contribution in [2.45, 2.75) is 42.0 Å². The molecule has 2 heterocycles. The van der Waals surface area contributed by atoms with E-state index in [2.05, 4.69) is 0 Å². The van der Waals surface area contributed by atoms with Crippen LogP contribution in [0.25, 0.3) is 0 Å². The van der Waals surface area contributed by atoms with Gasteiger partial charge in [-0.1, -0.05) is 40.8 Å². The first kappa shape index (κ1) is 24.4. The number of cyclic esters (lactones) is 1. The molecule has 0 bridgehead atoms. The molecule has 0 N–H and O–H groups in total. The maximum absolute atomic E-state index is 13.6. The Kier molecular flexibility index (Phi) is 6.99. The number of amides is 1. The Hall–Kier alpha value is -1.77. The standard InChI is InChI=1S/C21H22FIN2O6S2/c22-12-15-2-1-3-16-13-31-21(26)25(20(15)16)17-8-10-24(11-9-17)33(29,30)19-6-4-18(5-7-19)32(27,28)14-23/h1-7,17H,8-14H2. The van der Waals surface area contributed by atoms with Crippen LogP contribution in [0.1, 0.15) is 24.0 Å². The first-order valence-electron chi connectivity index (χ1n) is 10.2. The van der Waals surface area contributed by atoms with Gasteiger partial charge in [0, 0.05) is 30.3 Å². The number of halogens is 2. The summed E-state index contributed by atoms with van der Waals surface area (Å²) in [7, 11) is -7.27. The maximum Gasteiger partial charge on any atom is 0.414 e. The highest BCUT2D eigenvalue weighted by atomic mass is 127. The van der Waals surface area contributed by atoms with Crippen molar-refractivity contribution in [1.29, 1.82) is 0 Å². The molecule has 8 nitrogen and oxygen atoms in total. The monoisotopic (exact) mass is 608 g/mol. The van der Waals surface area contributed by atoms with Crippen LogP contribution in [-0.2, 0) is 37.9 Å². The average molecular weight is 608 g/mol. The van der Waals surface area contributed by atoms with Gasteiger partial charge in [0.15, 0.2) is 9.84 Å². The van der Waals surface area contributed by atoms with Crippen LogP contribution in [0.5, 0.6) is 0 Å². The molecule has 0 unspecified atom stereocenters. The highest BCUT2D eigenvalue weighted by molar-refractivity contribution is 14.1. The fourth-order valence-corrected chi connectivity index (χ4v) is 7.41. The van der Waals surface area contributed by atoms with Crippen molar-refractivity contribution in [3.8, 4) is 0 Å². The third-order valence-corrected chi connectivity index (χ3v) is 11.5. The predicted molar refractivity (Wildman–Crippen MR) is 128 cm³/mol. The lowest BCUT2D eigenvalue weighted by Crippen LogP contribution is -2.50. The minimum atomic E-state index is -3.83. The van der Waals surface area contributed by atoms with Crippen LogP contribution < -0.4 is 4.90 Å². The third-order valence-electron chi connectivity index (χ3n) is 5.89. The van der Waals surface area contributed by atoms with Crippen LogP contribution in [0.3, 0.4) is 0 Å². The van der Waals surface area contributed by atoms with E-state index in [0.29, 0.717) is 24.1 Å². The molecule has 178 valence electrons. The number of benzene rings is 2.